The Hall–Kier alpha value is -5.79. The summed E-state index contributed by atoms with van der Waals surface area (Å²) in [6, 6.07) is 15.3. The van der Waals surface area contributed by atoms with Crippen molar-refractivity contribution in [1.82, 2.24) is 38.7 Å². The molecule has 4 aromatic heterocycles. The van der Waals surface area contributed by atoms with Gasteiger partial charge in [-0.1, -0.05) is 12.1 Å². The third kappa shape index (κ3) is 6.60. The average Bonchev–Trinajstić information content (AvgIpc) is 3.84. The molecule has 0 unspecified atom stereocenters. The van der Waals surface area contributed by atoms with Gasteiger partial charge >= 0.3 is 0 Å². The number of fused-ring (bicyclic) bond motifs is 2. The van der Waals surface area contributed by atoms with Crippen LogP contribution < -0.4 is 15.5 Å². The summed E-state index contributed by atoms with van der Waals surface area (Å²) in [5, 5.41) is 14.9. The summed E-state index contributed by atoms with van der Waals surface area (Å²) in [7, 11) is 1.71. The molecule has 260 valence electrons. The number of benzene rings is 2. The fourth-order valence-electron chi connectivity index (χ4n) is 6.27. The maximum absolute atomic E-state index is 13.5. The number of aryl methyl sites for hydroxylation is 7. The van der Waals surface area contributed by atoms with E-state index in [1.54, 1.807) is 33.4 Å². The van der Waals surface area contributed by atoms with E-state index in [1.165, 1.54) is 6.92 Å². The van der Waals surface area contributed by atoms with Gasteiger partial charge in [0.15, 0.2) is 0 Å². The molecule has 0 saturated heterocycles. The molecular formula is C36H43N11O3. The van der Waals surface area contributed by atoms with Crippen molar-refractivity contribution in [2.75, 3.05) is 22.6 Å². The van der Waals surface area contributed by atoms with Gasteiger partial charge in [-0.15, -0.1) is 0 Å². The standard InChI is InChI=1S/C36H43N11O3/c1-8-46-30(20-23(4)41-46)33(49)39-35-37-26-19-22(3)15-16-27(26)44(35)17-10-11-18-45-29-14-12-13-28(43(7)25(6)48)32(29)38-36(45)40-34(50)31-21-24(5)42-47(31)9-2/h12-16,19-21H,8-11,17-18H2,1-7H3,(H,37,39,49)(H,38,40,50). The Morgan fingerprint density at radius 1 is 0.740 bits per heavy atom. The smallest absolute Gasteiger partial charge is 0.276 e. The normalized spacial score (nSPS) is 11.4. The lowest BCUT2D eigenvalue weighted by atomic mass is 10.2. The molecule has 4 heterocycles. The third-order valence-electron chi connectivity index (χ3n) is 8.83. The first kappa shape index (κ1) is 34.1. The molecule has 3 amide bonds. The topological polar surface area (TPSA) is 150 Å². The lowest BCUT2D eigenvalue weighted by Crippen LogP contribution is -2.23. The number of hydrogen-bond donors (Lipinski definition) is 2. The summed E-state index contributed by atoms with van der Waals surface area (Å²) >= 11 is 0. The number of unbranched alkanes of at least 4 members (excludes halogenated alkanes) is 1. The molecule has 0 atom stereocenters. The Kier molecular flexibility index (Phi) is 9.53. The maximum atomic E-state index is 13.5. The van der Waals surface area contributed by atoms with Crippen molar-refractivity contribution in [2.45, 2.75) is 80.6 Å². The van der Waals surface area contributed by atoms with E-state index >= 15 is 0 Å². The number of para-hydroxylation sites is 1. The van der Waals surface area contributed by atoms with Crippen LogP contribution in [-0.4, -0.2) is 63.4 Å². The second-order valence-electron chi connectivity index (χ2n) is 12.5. The van der Waals surface area contributed by atoms with Gasteiger partial charge in [0, 0.05) is 40.2 Å². The molecule has 2 N–H and O–H groups in total. The summed E-state index contributed by atoms with van der Waals surface area (Å²) in [5.41, 5.74) is 7.31. The molecule has 0 aliphatic carbocycles. The van der Waals surface area contributed by atoms with Gasteiger partial charge in [-0.3, -0.25) is 34.4 Å². The number of aromatic nitrogens is 8. The van der Waals surface area contributed by atoms with E-state index in [9.17, 15) is 14.4 Å². The molecule has 0 bridgehead atoms. The minimum Gasteiger partial charge on any atom is -0.314 e. The zero-order valence-corrected chi connectivity index (χ0v) is 29.6. The van der Waals surface area contributed by atoms with Gasteiger partial charge < -0.3 is 14.0 Å². The summed E-state index contributed by atoms with van der Waals surface area (Å²) in [4.78, 5) is 50.5. The van der Waals surface area contributed by atoms with Gasteiger partial charge in [-0.25, -0.2) is 9.97 Å². The molecule has 6 aromatic rings. The van der Waals surface area contributed by atoms with Gasteiger partial charge in [0.25, 0.3) is 11.8 Å². The largest absolute Gasteiger partial charge is 0.314 e. The Morgan fingerprint density at radius 3 is 1.86 bits per heavy atom. The number of carbonyl (C=O) groups excluding carboxylic acids is 3. The van der Waals surface area contributed by atoms with Crippen molar-refractivity contribution in [3.8, 4) is 0 Å². The second-order valence-corrected chi connectivity index (χ2v) is 12.5. The number of amides is 3. The van der Waals surface area contributed by atoms with Crippen LogP contribution in [0.5, 0.6) is 0 Å². The van der Waals surface area contributed by atoms with Crippen molar-refractivity contribution in [1.29, 1.82) is 0 Å². The zero-order valence-electron chi connectivity index (χ0n) is 29.6. The molecule has 50 heavy (non-hydrogen) atoms. The van der Waals surface area contributed by atoms with Crippen molar-refractivity contribution < 1.29 is 14.4 Å². The van der Waals surface area contributed by atoms with E-state index in [4.69, 9.17) is 9.97 Å². The zero-order chi connectivity index (χ0) is 35.7. The highest BCUT2D eigenvalue weighted by Gasteiger charge is 2.22. The van der Waals surface area contributed by atoms with Crippen molar-refractivity contribution in [3.63, 3.8) is 0 Å². The number of nitrogens with zero attached hydrogens (tertiary/aromatic N) is 9. The van der Waals surface area contributed by atoms with E-state index in [1.807, 2.05) is 80.2 Å². The maximum Gasteiger partial charge on any atom is 0.276 e. The fraction of sp³-hybridized carbons (Fsp3) is 0.361. The molecular weight excluding hydrogens is 634 g/mol. The van der Waals surface area contributed by atoms with Crippen LogP contribution in [0, 0.1) is 20.8 Å². The molecule has 0 aliphatic heterocycles. The van der Waals surface area contributed by atoms with Gasteiger partial charge in [0.05, 0.1) is 33.6 Å². The highest BCUT2D eigenvalue weighted by molar-refractivity contribution is 6.05. The third-order valence-corrected chi connectivity index (χ3v) is 8.83. The predicted molar refractivity (Wildman–Crippen MR) is 194 cm³/mol. The highest BCUT2D eigenvalue weighted by atomic mass is 16.2. The summed E-state index contributed by atoms with van der Waals surface area (Å²) < 4.78 is 7.37. The van der Waals surface area contributed by atoms with Crippen LogP contribution >= 0.6 is 0 Å². The van der Waals surface area contributed by atoms with Crippen molar-refractivity contribution in [3.05, 3.63) is 76.9 Å². The number of carbonyl (C=O) groups is 3. The van der Waals surface area contributed by atoms with Crippen molar-refractivity contribution >= 4 is 57.4 Å². The Bertz CT molecular complexity index is 2240. The fourth-order valence-corrected chi connectivity index (χ4v) is 6.27. The first-order valence-electron chi connectivity index (χ1n) is 16.9. The van der Waals surface area contributed by atoms with Crippen molar-refractivity contribution in [2.24, 2.45) is 0 Å². The SMILES string of the molecule is CCn1nc(C)cc1C(=O)Nc1nc2cc(C)ccc2n1CCCCn1c(NC(=O)c2cc(C)nn2CC)nc2c(N(C)C(C)=O)cccc21. The van der Waals surface area contributed by atoms with Crippen LogP contribution in [0.4, 0.5) is 17.6 Å². The van der Waals surface area contributed by atoms with Crippen LogP contribution in [-0.2, 0) is 31.0 Å². The Labute approximate surface area is 290 Å². The molecule has 14 nitrogen and oxygen atoms in total. The van der Waals surface area contributed by atoms with Crippen LogP contribution in [0.2, 0.25) is 0 Å². The van der Waals surface area contributed by atoms with Crippen LogP contribution in [0.15, 0.2) is 48.5 Å². The van der Waals surface area contributed by atoms with E-state index in [0.29, 0.717) is 67.1 Å². The number of rotatable bonds is 12. The number of anilines is 3. The summed E-state index contributed by atoms with van der Waals surface area (Å²) in [5.74, 6) is 0.149. The molecule has 14 heteroatoms. The van der Waals surface area contributed by atoms with Crippen LogP contribution in [0.3, 0.4) is 0 Å². The van der Waals surface area contributed by atoms with E-state index in [2.05, 4.69) is 20.8 Å². The average molecular weight is 678 g/mol. The van der Waals surface area contributed by atoms with E-state index in [-0.39, 0.29) is 17.7 Å². The molecule has 6 rings (SSSR count). The number of imidazole rings is 2. The van der Waals surface area contributed by atoms with E-state index in [0.717, 1.165) is 39.9 Å². The Morgan fingerprint density at radius 2 is 1.30 bits per heavy atom. The Balaban J connectivity index is 1.28. The van der Waals surface area contributed by atoms with Gasteiger partial charge in [0.1, 0.15) is 16.9 Å². The minimum absolute atomic E-state index is 0.125. The lowest BCUT2D eigenvalue weighted by molar-refractivity contribution is -0.116. The molecule has 0 fully saturated rings. The van der Waals surface area contributed by atoms with Gasteiger partial charge in [0.2, 0.25) is 17.8 Å². The molecule has 0 aliphatic rings. The number of nitrogens with one attached hydrogen (secondary N) is 2. The molecule has 0 radical (unpaired) electrons. The first-order valence-corrected chi connectivity index (χ1v) is 16.9. The molecule has 0 spiro atoms. The quantitative estimate of drug-likeness (QED) is 0.158. The highest BCUT2D eigenvalue weighted by Crippen LogP contribution is 2.30. The molecule has 2 aromatic carbocycles. The van der Waals surface area contributed by atoms with Crippen LogP contribution in [0.25, 0.3) is 22.1 Å². The summed E-state index contributed by atoms with van der Waals surface area (Å²) in [6.07, 6.45) is 1.45. The summed E-state index contributed by atoms with van der Waals surface area (Å²) in [6.45, 7) is 13.4. The van der Waals surface area contributed by atoms with Crippen LogP contribution in [0.1, 0.15) is 71.5 Å². The monoisotopic (exact) mass is 677 g/mol. The van der Waals surface area contributed by atoms with E-state index < -0.39 is 0 Å². The second kappa shape index (κ2) is 14.0. The lowest BCUT2D eigenvalue weighted by Gasteiger charge is -2.15. The van der Waals surface area contributed by atoms with Gasteiger partial charge in [-0.05, 0) is 89.4 Å². The van der Waals surface area contributed by atoms with Gasteiger partial charge in [-0.2, -0.15) is 10.2 Å². The molecule has 0 saturated carbocycles. The first-order chi connectivity index (χ1) is 24.0. The minimum atomic E-state index is -0.314. The predicted octanol–water partition coefficient (Wildman–Crippen LogP) is 5.71. The number of hydrogen-bond acceptors (Lipinski definition) is 7.